The van der Waals surface area contributed by atoms with E-state index in [0.717, 1.165) is 43.5 Å². The zero-order chi connectivity index (χ0) is 22.7. The van der Waals surface area contributed by atoms with Gasteiger partial charge < -0.3 is 15.1 Å². The molecule has 7 heteroatoms. The van der Waals surface area contributed by atoms with Gasteiger partial charge in [0, 0.05) is 38.7 Å². The maximum absolute atomic E-state index is 13.4. The maximum atomic E-state index is 13.4. The van der Waals surface area contributed by atoms with Crippen LogP contribution in [0, 0.1) is 5.82 Å². The molecule has 2 heterocycles. The standard InChI is InChI=1S/C25H28FN3O3/c1-17(30)27-22-10-7-19-15-23(25(32)28-11-3-2-4-12-28)29(16-20(19)14-22)24(31)13-18-5-8-21(26)9-6-18/h5-10,14,23H,2-4,11-13,15-16H2,1H3,(H,27,30). The summed E-state index contributed by atoms with van der Waals surface area (Å²) in [4.78, 5) is 41.7. The van der Waals surface area contributed by atoms with Crippen LogP contribution in [0.15, 0.2) is 42.5 Å². The number of likely N-dealkylation sites (tertiary alicyclic amines) is 1. The van der Waals surface area contributed by atoms with Crippen LogP contribution in [0.5, 0.6) is 0 Å². The Labute approximate surface area is 187 Å². The highest BCUT2D eigenvalue weighted by Gasteiger charge is 2.37. The first-order chi connectivity index (χ1) is 15.4. The SMILES string of the molecule is CC(=O)Nc1ccc2c(c1)CN(C(=O)Cc1ccc(F)cc1)C(C(=O)N1CCCCC1)C2. The van der Waals surface area contributed by atoms with Crippen molar-refractivity contribution in [2.24, 2.45) is 0 Å². The number of carbonyl (C=O) groups is 3. The van der Waals surface area contributed by atoms with E-state index in [1.807, 2.05) is 23.1 Å². The van der Waals surface area contributed by atoms with Crippen molar-refractivity contribution in [3.63, 3.8) is 0 Å². The molecule has 3 amide bonds. The van der Waals surface area contributed by atoms with E-state index in [2.05, 4.69) is 5.32 Å². The van der Waals surface area contributed by atoms with Gasteiger partial charge in [-0.15, -0.1) is 0 Å². The van der Waals surface area contributed by atoms with Crippen molar-refractivity contribution in [2.45, 2.75) is 51.6 Å². The molecule has 1 atom stereocenters. The number of piperidine rings is 1. The summed E-state index contributed by atoms with van der Waals surface area (Å²) in [5.74, 6) is -0.684. The summed E-state index contributed by atoms with van der Waals surface area (Å²) in [7, 11) is 0. The third-order valence-electron chi connectivity index (χ3n) is 6.20. The Morgan fingerprint density at radius 3 is 2.41 bits per heavy atom. The van der Waals surface area contributed by atoms with E-state index in [9.17, 15) is 18.8 Å². The quantitative estimate of drug-likeness (QED) is 0.798. The van der Waals surface area contributed by atoms with Gasteiger partial charge in [0.1, 0.15) is 11.9 Å². The molecule has 1 fully saturated rings. The average molecular weight is 438 g/mol. The molecule has 2 aromatic rings. The largest absolute Gasteiger partial charge is 0.341 e. The molecule has 168 valence electrons. The van der Waals surface area contributed by atoms with E-state index in [4.69, 9.17) is 0 Å². The molecule has 0 radical (unpaired) electrons. The maximum Gasteiger partial charge on any atom is 0.245 e. The third kappa shape index (κ3) is 4.98. The van der Waals surface area contributed by atoms with Crippen LogP contribution in [0.25, 0.3) is 0 Å². The fourth-order valence-corrected chi connectivity index (χ4v) is 4.55. The summed E-state index contributed by atoms with van der Waals surface area (Å²) in [6, 6.07) is 10.9. The average Bonchev–Trinajstić information content (AvgIpc) is 2.79. The number of anilines is 1. The van der Waals surface area contributed by atoms with Crippen LogP contribution >= 0.6 is 0 Å². The first-order valence-electron chi connectivity index (χ1n) is 11.1. The zero-order valence-electron chi connectivity index (χ0n) is 18.3. The van der Waals surface area contributed by atoms with Crippen LogP contribution in [-0.4, -0.2) is 46.7 Å². The van der Waals surface area contributed by atoms with Crippen molar-refractivity contribution in [2.75, 3.05) is 18.4 Å². The minimum atomic E-state index is -0.555. The molecular weight excluding hydrogens is 409 g/mol. The number of halogens is 1. The molecule has 0 aromatic heterocycles. The van der Waals surface area contributed by atoms with Gasteiger partial charge in [-0.3, -0.25) is 14.4 Å². The van der Waals surface area contributed by atoms with Gasteiger partial charge in [-0.1, -0.05) is 18.2 Å². The Bertz CT molecular complexity index is 1020. The van der Waals surface area contributed by atoms with Gasteiger partial charge in [0.25, 0.3) is 0 Å². The van der Waals surface area contributed by atoms with Crippen molar-refractivity contribution in [3.05, 3.63) is 65.0 Å². The van der Waals surface area contributed by atoms with Crippen molar-refractivity contribution in [3.8, 4) is 0 Å². The highest BCUT2D eigenvalue weighted by molar-refractivity contribution is 5.90. The molecule has 0 saturated carbocycles. The number of benzene rings is 2. The molecule has 2 aliphatic heterocycles. The van der Waals surface area contributed by atoms with Crippen molar-refractivity contribution >= 4 is 23.4 Å². The van der Waals surface area contributed by atoms with Gasteiger partial charge in [0.05, 0.1) is 6.42 Å². The number of rotatable bonds is 4. The Kier molecular flexibility index (Phi) is 6.53. The minimum absolute atomic E-state index is 0.00579. The van der Waals surface area contributed by atoms with E-state index in [1.54, 1.807) is 17.0 Å². The van der Waals surface area contributed by atoms with E-state index in [0.29, 0.717) is 24.2 Å². The van der Waals surface area contributed by atoms with Gasteiger partial charge in [0.2, 0.25) is 17.7 Å². The molecule has 1 N–H and O–H groups in total. The summed E-state index contributed by atoms with van der Waals surface area (Å²) in [5, 5.41) is 2.78. The highest BCUT2D eigenvalue weighted by Crippen LogP contribution is 2.28. The lowest BCUT2D eigenvalue weighted by atomic mass is 9.91. The summed E-state index contributed by atoms with van der Waals surface area (Å²) in [6.07, 6.45) is 3.64. The Morgan fingerprint density at radius 1 is 1.00 bits per heavy atom. The molecule has 4 rings (SSSR count). The number of fused-ring (bicyclic) bond motifs is 1. The van der Waals surface area contributed by atoms with Gasteiger partial charge >= 0.3 is 0 Å². The first-order valence-corrected chi connectivity index (χ1v) is 11.1. The normalized spacial score (nSPS) is 18.1. The van der Waals surface area contributed by atoms with E-state index in [1.165, 1.54) is 19.1 Å². The van der Waals surface area contributed by atoms with Crippen molar-refractivity contribution in [1.29, 1.82) is 0 Å². The molecule has 32 heavy (non-hydrogen) atoms. The second kappa shape index (κ2) is 9.51. The topological polar surface area (TPSA) is 69.7 Å². The number of carbonyl (C=O) groups excluding carboxylic acids is 3. The van der Waals surface area contributed by atoms with Gasteiger partial charge in [-0.05, 0) is 60.2 Å². The number of amides is 3. The second-order valence-electron chi connectivity index (χ2n) is 8.60. The first kappa shape index (κ1) is 22.0. The fraction of sp³-hybridized carbons (Fsp3) is 0.400. The Morgan fingerprint density at radius 2 is 1.72 bits per heavy atom. The molecule has 1 saturated heterocycles. The summed E-state index contributed by atoms with van der Waals surface area (Å²) >= 11 is 0. The zero-order valence-corrected chi connectivity index (χ0v) is 18.3. The van der Waals surface area contributed by atoms with E-state index < -0.39 is 6.04 Å². The van der Waals surface area contributed by atoms with Crippen LogP contribution < -0.4 is 5.32 Å². The molecule has 0 spiro atoms. The van der Waals surface area contributed by atoms with Crippen LogP contribution in [0.3, 0.4) is 0 Å². The van der Waals surface area contributed by atoms with Gasteiger partial charge in [0.15, 0.2) is 0 Å². The lowest BCUT2D eigenvalue weighted by molar-refractivity contribution is -0.147. The number of hydrogen-bond donors (Lipinski definition) is 1. The van der Waals surface area contributed by atoms with Crippen molar-refractivity contribution in [1.82, 2.24) is 9.80 Å². The molecular formula is C25H28FN3O3. The summed E-state index contributed by atoms with van der Waals surface area (Å²) in [5.41, 5.74) is 3.31. The van der Waals surface area contributed by atoms with E-state index >= 15 is 0 Å². The highest BCUT2D eigenvalue weighted by atomic mass is 19.1. The van der Waals surface area contributed by atoms with Crippen LogP contribution in [-0.2, 0) is 33.8 Å². The lowest BCUT2D eigenvalue weighted by Crippen LogP contribution is -2.54. The molecule has 2 aromatic carbocycles. The predicted molar refractivity (Wildman–Crippen MR) is 119 cm³/mol. The number of nitrogens with zero attached hydrogens (tertiary/aromatic N) is 2. The Balaban J connectivity index is 1.61. The second-order valence-corrected chi connectivity index (χ2v) is 8.60. The molecule has 0 bridgehead atoms. The van der Waals surface area contributed by atoms with Crippen LogP contribution in [0.2, 0.25) is 0 Å². The predicted octanol–water partition coefficient (Wildman–Crippen LogP) is 3.29. The minimum Gasteiger partial charge on any atom is -0.341 e. The molecule has 6 nitrogen and oxygen atoms in total. The fourth-order valence-electron chi connectivity index (χ4n) is 4.55. The van der Waals surface area contributed by atoms with Gasteiger partial charge in [-0.25, -0.2) is 4.39 Å². The number of hydrogen-bond acceptors (Lipinski definition) is 3. The summed E-state index contributed by atoms with van der Waals surface area (Å²) in [6.45, 7) is 3.20. The summed E-state index contributed by atoms with van der Waals surface area (Å²) < 4.78 is 13.3. The van der Waals surface area contributed by atoms with Gasteiger partial charge in [-0.2, -0.15) is 0 Å². The van der Waals surface area contributed by atoms with Crippen LogP contribution in [0.1, 0.15) is 42.9 Å². The van der Waals surface area contributed by atoms with Crippen LogP contribution in [0.4, 0.5) is 10.1 Å². The molecule has 1 unspecified atom stereocenters. The molecule has 0 aliphatic carbocycles. The smallest absolute Gasteiger partial charge is 0.245 e. The van der Waals surface area contributed by atoms with E-state index in [-0.39, 0.29) is 30.0 Å². The number of nitrogens with one attached hydrogen (secondary N) is 1. The monoisotopic (exact) mass is 437 g/mol. The lowest BCUT2D eigenvalue weighted by Gasteiger charge is -2.40. The third-order valence-corrected chi connectivity index (χ3v) is 6.20. The molecule has 2 aliphatic rings. The Hall–Kier alpha value is -3.22. The van der Waals surface area contributed by atoms with Crippen molar-refractivity contribution < 1.29 is 18.8 Å².